The van der Waals surface area contributed by atoms with E-state index in [1.54, 1.807) is 4.90 Å². The van der Waals surface area contributed by atoms with Crippen molar-refractivity contribution in [3.63, 3.8) is 0 Å². The molecule has 1 aliphatic heterocycles. The number of halogens is 1. The van der Waals surface area contributed by atoms with Crippen LogP contribution in [0.25, 0.3) is 6.08 Å². The molecule has 0 bridgehead atoms. The lowest BCUT2D eigenvalue weighted by Crippen LogP contribution is -2.41. The van der Waals surface area contributed by atoms with Crippen LogP contribution in [-0.2, 0) is 9.59 Å². The van der Waals surface area contributed by atoms with Crippen LogP contribution in [0.2, 0.25) is 0 Å². The zero-order valence-corrected chi connectivity index (χ0v) is 19.7. The summed E-state index contributed by atoms with van der Waals surface area (Å²) in [4.78, 5) is 38.7. The smallest absolute Gasteiger partial charge is 0.269 e. The van der Waals surface area contributed by atoms with Crippen molar-refractivity contribution in [2.24, 2.45) is 0 Å². The van der Waals surface area contributed by atoms with Gasteiger partial charge in [-0.2, -0.15) is 0 Å². The summed E-state index contributed by atoms with van der Waals surface area (Å²) in [6.45, 7) is 2.51. The number of carbonyl (C=O) groups excluding carboxylic acids is 3. The molecule has 0 aliphatic carbocycles. The van der Waals surface area contributed by atoms with E-state index in [1.807, 2.05) is 37.3 Å². The van der Waals surface area contributed by atoms with Crippen LogP contribution in [0.4, 0.5) is 4.39 Å². The maximum atomic E-state index is 12.9. The zero-order chi connectivity index (χ0) is 23.8. The number of aryl methyl sites for hydroxylation is 1. The molecule has 0 aromatic heterocycles. The first-order chi connectivity index (χ1) is 15.8. The van der Waals surface area contributed by atoms with Crippen LogP contribution in [0, 0.1) is 12.7 Å². The molecule has 172 valence electrons. The molecule has 0 unspecified atom stereocenters. The SMILES string of the molecule is Cc1ccc(/C=C2\SC(=S)N(CCCCCC(=O)NNC(=O)c3ccc(F)cc3)C2=O)cc1. The van der Waals surface area contributed by atoms with Crippen LogP contribution < -0.4 is 10.9 Å². The molecular weight excluding hydrogens is 461 g/mol. The number of thiocarbonyl (C=S) groups is 1. The fourth-order valence-electron chi connectivity index (χ4n) is 3.10. The number of hydrazine groups is 1. The Morgan fingerprint density at radius 1 is 1.03 bits per heavy atom. The van der Waals surface area contributed by atoms with E-state index in [4.69, 9.17) is 12.2 Å². The number of rotatable bonds is 8. The summed E-state index contributed by atoms with van der Waals surface area (Å²) < 4.78 is 13.4. The molecule has 1 aliphatic rings. The molecule has 1 fully saturated rings. The first kappa shape index (κ1) is 24.6. The Bertz CT molecular complexity index is 1070. The second-order valence-corrected chi connectivity index (χ2v) is 9.24. The minimum Gasteiger partial charge on any atom is -0.293 e. The van der Waals surface area contributed by atoms with E-state index < -0.39 is 11.7 Å². The Kier molecular flexibility index (Phi) is 8.73. The van der Waals surface area contributed by atoms with E-state index in [1.165, 1.54) is 36.0 Å². The average Bonchev–Trinajstić information content (AvgIpc) is 3.06. The lowest BCUT2D eigenvalue weighted by atomic mass is 10.1. The van der Waals surface area contributed by atoms with Gasteiger partial charge < -0.3 is 0 Å². The number of unbranched alkanes of at least 4 members (excludes halogenated alkanes) is 2. The van der Waals surface area contributed by atoms with Gasteiger partial charge in [0.2, 0.25) is 5.91 Å². The van der Waals surface area contributed by atoms with Crippen molar-refractivity contribution in [2.75, 3.05) is 6.54 Å². The molecule has 3 amide bonds. The van der Waals surface area contributed by atoms with E-state index >= 15 is 0 Å². The number of hydrogen-bond acceptors (Lipinski definition) is 5. The number of benzene rings is 2. The topological polar surface area (TPSA) is 78.5 Å². The van der Waals surface area contributed by atoms with Gasteiger partial charge in [-0.25, -0.2) is 4.39 Å². The molecule has 0 spiro atoms. The number of nitrogens with zero attached hydrogens (tertiary/aromatic N) is 1. The summed E-state index contributed by atoms with van der Waals surface area (Å²) in [6, 6.07) is 12.9. The average molecular weight is 486 g/mol. The van der Waals surface area contributed by atoms with Crippen molar-refractivity contribution in [3.8, 4) is 0 Å². The summed E-state index contributed by atoms with van der Waals surface area (Å²) in [5.74, 6) is -1.37. The Hall–Kier alpha value is -3.04. The van der Waals surface area contributed by atoms with E-state index in [0.29, 0.717) is 28.6 Å². The normalized spacial score (nSPS) is 14.6. The van der Waals surface area contributed by atoms with Gasteiger partial charge in [0.1, 0.15) is 10.1 Å². The third-order valence-electron chi connectivity index (χ3n) is 4.96. The number of hydrogen-bond donors (Lipinski definition) is 2. The summed E-state index contributed by atoms with van der Waals surface area (Å²) in [7, 11) is 0. The first-order valence-corrected chi connectivity index (χ1v) is 11.7. The zero-order valence-electron chi connectivity index (χ0n) is 18.1. The number of nitrogens with one attached hydrogen (secondary N) is 2. The Balaban J connectivity index is 1.35. The third kappa shape index (κ3) is 7.23. The van der Waals surface area contributed by atoms with E-state index in [9.17, 15) is 18.8 Å². The molecule has 3 rings (SSSR count). The van der Waals surface area contributed by atoms with Crippen molar-refractivity contribution < 1.29 is 18.8 Å². The summed E-state index contributed by atoms with van der Waals surface area (Å²) in [6.07, 6.45) is 4.12. The molecule has 1 heterocycles. The monoisotopic (exact) mass is 485 g/mol. The van der Waals surface area contributed by atoms with Crippen molar-refractivity contribution >= 4 is 52.1 Å². The second-order valence-electron chi connectivity index (χ2n) is 7.56. The molecule has 2 N–H and O–H groups in total. The third-order valence-corrected chi connectivity index (χ3v) is 6.33. The van der Waals surface area contributed by atoms with Crippen LogP contribution in [0.5, 0.6) is 0 Å². The molecule has 0 atom stereocenters. The molecule has 0 radical (unpaired) electrons. The second kappa shape index (κ2) is 11.7. The Labute approximate surface area is 201 Å². The Morgan fingerprint density at radius 3 is 2.42 bits per heavy atom. The number of carbonyl (C=O) groups is 3. The quantitative estimate of drug-likeness (QED) is 0.251. The van der Waals surface area contributed by atoms with Gasteiger partial charge >= 0.3 is 0 Å². The molecule has 9 heteroatoms. The van der Waals surface area contributed by atoms with E-state index in [0.717, 1.165) is 17.5 Å². The number of thioether (sulfide) groups is 1. The van der Waals surface area contributed by atoms with Gasteiger partial charge in [0.15, 0.2) is 0 Å². The van der Waals surface area contributed by atoms with Crippen LogP contribution in [0.3, 0.4) is 0 Å². The summed E-state index contributed by atoms with van der Waals surface area (Å²) in [5, 5.41) is 0. The molecule has 33 heavy (non-hydrogen) atoms. The standard InChI is InChI=1S/C24H24FN3O3S2/c1-16-6-8-17(9-7-16)15-20-23(31)28(24(32)33-20)14-4-2-3-5-21(29)26-27-22(30)18-10-12-19(25)13-11-18/h6-13,15H,2-5,14H2,1H3,(H,26,29)(H,27,30)/b20-15-. The molecule has 2 aromatic rings. The van der Waals surface area contributed by atoms with Gasteiger partial charge in [0.25, 0.3) is 11.8 Å². The Morgan fingerprint density at radius 2 is 1.73 bits per heavy atom. The highest BCUT2D eigenvalue weighted by atomic mass is 32.2. The van der Waals surface area contributed by atoms with Gasteiger partial charge in [0.05, 0.1) is 4.91 Å². The predicted octanol–water partition coefficient (Wildman–Crippen LogP) is 4.36. The molecule has 1 saturated heterocycles. The van der Waals surface area contributed by atoms with Gasteiger partial charge in [0, 0.05) is 18.5 Å². The minimum absolute atomic E-state index is 0.0909. The van der Waals surface area contributed by atoms with Crippen LogP contribution in [0.1, 0.15) is 47.2 Å². The number of amides is 3. The minimum atomic E-state index is -0.517. The summed E-state index contributed by atoms with van der Waals surface area (Å²) in [5.41, 5.74) is 7.01. The van der Waals surface area contributed by atoms with Crippen molar-refractivity contribution in [1.82, 2.24) is 15.8 Å². The molecular formula is C24H24FN3O3S2. The molecule has 6 nitrogen and oxygen atoms in total. The highest BCUT2D eigenvalue weighted by Gasteiger charge is 2.31. The lowest BCUT2D eigenvalue weighted by molar-refractivity contribution is -0.123. The maximum absolute atomic E-state index is 12.9. The van der Waals surface area contributed by atoms with Crippen molar-refractivity contribution in [3.05, 3.63) is 75.9 Å². The van der Waals surface area contributed by atoms with Crippen LogP contribution in [0.15, 0.2) is 53.4 Å². The molecule has 0 saturated carbocycles. The largest absolute Gasteiger partial charge is 0.293 e. The predicted molar refractivity (Wildman–Crippen MR) is 132 cm³/mol. The fraction of sp³-hybridized carbons (Fsp3) is 0.250. The van der Waals surface area contributed by atoms with Crippen LogP contribution in [-0.4, -0.2) is 33.5 Å². The van der Waals surface area contributed by atoms with Gasteiger partial charge in [-0.05, 0) is 55.7 Å². The van der Waals surface area contributed by atoms with Crippen molar-refractivity contribution in [2.45, 2.75) is 32.6 Å². The van der Waals surface area contributed by atoms with Crippen LogP contribution >= 0.6 is 24.0 Å². The van der Waals surface area contributed by atoms with Gasteiger partial charge in [-0.15, -0.1) is 0 Å². The first-order valence-electron chi connectivity index (χ1n) is 10.5. The molecule has 2 aromatic carbocycles. The lowest BCUT2D eigenvalue weighted by Gasteiger charge is -2.14. The van der Waals surface area contributed by atoms with Crippen molar-refractivity contribution in [1.29, 1.82) is 0 Å². The van der Waals surface area contributed by atoms with E-state index in [-0.39, 0.29) is 23.8 Å². The maximum Gasteiger partial charge on any atom is 0.269 e. The van der Waals surface area contributed by atoms with Gasteiger partial charge in [-0.1, -0.05) is 60.2 Å². The van der Waals surface area contributed by atoms with Gasteiger partial charge in [-0.3, -0.25) is 30.1 Å². The highest BCUT2D eigenvalue weighted by Crippen LogP contribution is 2.32. The highest BCUT2D eigenvalue weighted by molar-refractivity contribution is 8.26. The summed E-state index contributed by atoms with van der Waals surface area (Å²) >= 11 is 6.66. The fourth-order valence-corrected chi connectivity index (χ4v) is 4.41. The van der Waals surface area contributed by atoms with E-state index in [2.05, 4.69) is 10.9 Å².